The molecule has 3 rings (SSSR count). The van der Waals surface area contributed by atoms with Crippen molar-refractivity contribution >= 4 is 11.4 Å². The number of aryl methyl sites for hydroxylation is 1. The maximum atomic E-state index is 3.55. The van der Waals surface area contributed by atoms with Gasteiger partial charge in [-0.3, -0.25) is 0 Å². The average Bonchev–Trinajstić information content (AvgIpc) is 2.42. The molecule has 104 valence electrons. The van der Waals surface area contributed by atoms with Gasteiger partial charge in [-0.1, -0.05) is 19.9 Å². The van der Waals surface area contributed by atoms with Gasteiger partial charge in [0.1, 0.15) is 0 Å². The molecule has 0 spiro atoms. The Bertz CT molecular complexity index is 455. The maximum Gasteiger partial charge on any atom is 0.0393 e. The lowest BCUT2D eigenvalue weighted by Gasteiger charge is -2.43. The van der Waals surface area contributed by atoms with E-state index >= 15 is 0 Å². The third-order valence-electron chi connectivity index (χ3n) is 4.96. The Morgan fingerprint density at radius 2 is 2.05 bits per heavy atom. The predicted molar refractivity (Wildman–Crippen MR) is 83.0 cm³/mol. The lowest BCUT2D eigenvalue weighted by Crippen LogP contribution is -2.45. The standard InChI is InChI=1S/C17H26N2/c1-12-9-13(2)14(3)19(11-12)16-7-6-15-5-4-8-18-17(15)10-16/h6-7,10,12-14,18H,4-5,8-9,11H2,1-3H3. The van der Waals surface area contributed by atoms with Crippen LogP contribution in [0.2, 0.25) is 0 Å². The van der Waals surface area contributed by atoms with E-state index in [1.54, 1.807) is 0 Å². The highest BCUT2D eigenvalue weighted by atomic mass is 15.2. The molecule has 3 atom stereocenters. The van der Waals surface area contributed by atoms with E-state index in [1.165, 1.54) is 42.7 Å². The Balaban J connectivity index is 1.88. The van der Waals surface area contributed by atoms with Gasteiger partial charge in [0, 0.05) is 30.5 Å². The molecule has 0 saturated carbocycles. The predicted octanol–water partition coefficient (Wildman–Crippen LogP) is 3.92. The monoisotopic (exact) mass is 258 g/mol. The first-order chi connectivity index (χ1) is 9.15. The molecule has 0 amide bonds. The van der Waals surface area contributed by atoms with Crippen molar-refractivity contribution < 1.29 is 0 Å². The van der Waals surface area contributed by atoms with Crippen molar-refractivity contribution in [2.24, 2.45) is 11.8 Å². The van der Waals surface area contributed by atoms with E-state index < -0.39 is 0 Å². The number of piperidine rings is 1. The van der Waals surface area contributed by atoms with Crippen LogP contribution in [0.25, 0.3) is 0 Å². The summed E-state index contributed by atoms with van der Waals surface area (Å²) in [5, 5.41) is 3.55. The third kappa shape index (κ3) is 2.45. The lowest BCUT2D eigenvalue weighted by molar-refractivity contribution is 0.297. The van der Waals surface area contributed by atoms with E-state index in [0.717, 1.165) is 18.4 Å². The number of benzene rings is 1. The number of fused-ring (bicyclic) bond motifs is 1. The Hall–Kier alpha value is -1.18. The average molecular weight is 258 g/mol. The topological polar surface area (TPSA) is 15.3 Å². The molecule has 3 unspecified atom stereocenters. The number of anilines is 2. The van der Waals surface area contributed by atoms with Crippen LogP contribution in [-0.2, 0) is 6.42 Å². The number of nitrogens with zero attached hydrogens (tertiary/aromatic N) is 1. The molecule has 2 aliphatic heterocycles. The minimum absolute atomic E-state index is 0.651. The molecule has 2 nitrogen and oxygen atoms in total. The van der Waals surface area contributed by atoms with Gasteiger partial charge in [-0.25, -0.2) is 0 Å². The van der Waals surface area contributed by atoms with E-state index in [4.69, 9.17) is 0 Å². The summed E-state index contributed by atoms with van der Waals surface area (Å²) in [6, 6.07) is 7.67. The van der Waals surface area contributed by atoms with E-state index in [0.29, 0.717) is 6.04 Å². The van der Waals surface area contributed by atoms with Crippen LogP contribution in [0.4, 0.5) is 11.4 Å². The van der Waals surface area contributed by atoms with E-state index in [-0.39, 0.29) is 0 Å². The highest BCUT2D eigenvalue weighted by Crippen LogP contribution is 2.34. The van der Waals surface area contributed by atoms with Crippen LogP contribution in [0.5, 0.6) is 0 Å². The fourth-order valence-electron chi connectivity index (χ4n) is 3.68. The third-order valence-corrected chi connectivity index (χ3v) is 4.96. The van der Waals surface area contributed by atoms with Crippen LogP contribution in [0.1, 0.15) is 39.2 Å². The van der Waals surface area contributed by atoms with Gasteiger partial charge >= 0.3 is 0 Å². The zero-order valence-corrected chi connectivity index (χ0v) is 12.4. The van der Waals surface area contributed by atoms with Gasteiger partial charge in [0.25, 0.3) is 0 Å². The Morgan fingerprint density at radius 1 is 1.21 bits per heavy atom. The van der Waals surface area contributed by atoms with Crippen LogP contribution in [0, 0.1) is 11.8 Å². The summed E-state index contributed by atoms with van der Waals surface area (Å²) in [7, 11) is 0. The van der Waals surface area contributed by atoms with Crippen LogP contribution < -0.4 is 10.2 Å². The van der Waals surface area contributed by atoms with Crippen LogP contribution >= 0.6 is 0 Å². The molecule has 1 N–H and O–H groups in total. The van der Waals surface area contributed by atoms with Gasteiger partial charge in [0.15, 0.2) is 0 Å². The van der Waals surface area contributed by atoms with Crippen molar-refractivity contribution in [2.45, 2.75) is 46.1 Å². The minimum atomic E-state index is 0.651. The minimum Gasteiger partial charge on any atom is -0.385 e. The van der Waals surface area contributed by atoms with Crippen LogP contribution in [0.15, 0.2) is 18.2 Å². The second-order valence-corrected chi connectivity index (χ2v) is 6.58. The van der Waals surface area contributed by atoms with Crippen molar-refractivity contribution in [3.8, 4) is 0 Å². The molecular formula is C17H26N2. The molecular weight excluding hydrogens is 232 g/mol. The lowest BCUT2D eigenvalue weighted by atomic mass is 9.85. The van der Waals surface area contributed by atoms with E-state index in [9.17, 15) is 0 Å². The van der Waals surface area contributed by atoms with Crippen LogP contribution in [-0.4, -0.2) is 19.1 Å². The number of hydrogen-bond acceptors (Lipinski definition) is 2. The molecule has 2 heterocycles. The fourth-order valence-corrected chi connectivity index (χ4v) is 3.68. The van der Waals surface area contributed by atoms with Gasteiger partial charge in [-0.15, -0.1) is 0 Å². The van der Waals surface area contributed by atoms with Crippen molar-refractivity contribution in [3.63, 3.8) is 0 Å². The molecule has 0 aliphatic carbocycles. The van der Waals surface area contributed by atoms with Gasteiger partial charge in [0.2, 0.25) is 0 Å². The van der Waals surface area contributed by atoms with Gasteiger partial charge in [0.05, 0.1) is 0 Å². The zero-order chi connectivity index (χ0) is 13.4. The largest absolute Gasteiger partial charge is 0.385 e. The molecule has 0 bridgehead atoms. The van der Waals surface area contributed by atoms with Gasteiger partial charge in [-0.2, -0.15) is 0 Å². The molecule has 1 aromatic rings. The Labute approximate surface area is 117 Å². The molecule has 0 radical (unpaired) electrons. The second kappa shape index (κ2) is 5.07. The first-order valence-corrected chi connectivity index (χ1v) is 7.78. The highest BCUT2D eigenvalue weighted by Gasteiger charge is 2.29. The SMILES string of the molecule is CC1CC(C)C(C)N(c2ccc3c(c2)NCCC3)C1. The highest BCUT2D eigenvalue weighted by molar-refractivity contribution is 5.64. The smallest absolute Gasteiger partial charge is 0.0393 e. The Kier molecular flexibility index (Phi) is 3.42. The Morgan fingerprint density at radius 3 is 2.89 bits per heavy atom. The van der Waals surface area contributed by atoms with E-state index in [1.807, 2.05) is 0 Å². The first-order valence-electron chi connectivity index (χ1n) is 7.78. The summed E-state index contributed by atoms with van der Waals surface area (Å²) in [5.41, 5.74) is 4.25. The van der Waals surface area contributed by atoms with Crippen molar-refractivity contribution in [1.82, 2.24) is 0 Å². The van der Waals surface area contributed by atoms with Gasteiger partial charge in [-0.05, 0) is 55.7 Å². The van der Waals surface area contributed by atoms with Crippen molar-refractivity contribution in [2.75, 3.05) is 23.3 Å². The summed E-state index contributed by atoms with van der Waals surface area (Å²) in [6.45, 7) is 9.47. The normalized spacial score (nSPS) is 30.7. The quantitative estimate of drug-likeness (QED) is 0.821. The molecule has 1 saturated heterocycles. The number of rotatable bonds is 1. The number of hydrogen-bond donors (Lipinski definition) is 1. The molecule has 0 aromatic heterocycles. The molecule has 1 fully saturated rings. The fraction of sp³-hybridized carbons (Fsp3) is 0.647. The van der Waals surface area contributed by atoms with Crippen molar-refractivity contribution in [1.29, 1.82) is 0 Å². The molecule has 2 aliphatic rings. The first kappa shape index (κ1) is 12.8. The summed E-state index contributed by atoms with van der Waals surface area (Å²) < 4.78 is 0. The second-order valence-electron chi connectivity index (χ2n) is 6.58. The zero-order valence-electron chi connectivity index (χ0n) is 12.4. The van der Waals surface area contributed by atoms with Gasteiger partial charge < -0.3 is 10.2 Å². The molecule has 19 heavy (non-hydrogen) atoms. The summed E-state index contributed by atoms with van der Waals surface area (Å²) in [5.74, 6) is 1.59. The van der Waals surface area contributed by atoms with E-state index in [2.05, 4.69) is 49.2 Å². The molecule has 1 aromatic carbocycles. The molecule has 2 heteroatoms. The van der Waals surface area contributed by atoms with Crippen molar-refractivity contribution in [3.05, 3.63) is 23.8 Å². The van der Waals surface area contributed by atoms with Crippen LogP contribution in [0.3, 0.4) is 0 Å². The summed E-state index contributed by atoms with van der Waals surface area (Å²) in [6.07, 6.45) is 3.85. The summed E-state index contributed by atoms with van der Waals surface area (Å²) >= 11 is 0. The maximum absolute atomic E-state index is 3.55. The number of nitrogens with one attached hydrogen (secondary N) is 1. The summed E-state index contributed by atoms with van der Waals surface area (Å²) in [4.78, 5) is 2.61.